The molecule has 2 atom stereocenters. The number of sulfonamides is 1. The molecule has 0 spiro atoms. The van der Waals surface area contributed by atoms with Crippen molar-refractivity contribution in [3.8, 4) is 17.2 Å². The Hall–Kier alpha value is -3.07. The van der Waals surface area contributed by atoms with Crippen molar-refractivity contribution in [2.75, 3.05) is 21.3 Å². The van der Waals surface area contributed by atoms with E-state index in [1.807, 2.05) is 60.7 Å². The van der Waals surface area contributed by atoms with Crippen LogP contribution in [0.15, 0.2) is 72.8 Å². The molecule has 32 heavy (non-hydrogen) atoms. The van der Waals surface area contributed by atoms with Crippen molar-refractivity contribution in [3.63, 3.8) is 0 Å². The lowest BCUT2D eigenvalue weighted by Gasteiger charge is -2.26. The molecular formula is C24H28N2O5S. The van der Waals surface area contributed by atoms with E-state index in [0.29, 0.717) is 22.8 Å². The quantitative estimate of drug-likeness (QED) is 0.484. The number of ether oxygens (including phenoxy) is 3. The van der Waals surface area contributed by atoms with Gasteiger partial charge in [-0.1, -0.05) is 60.7 Å². The summed E-state index contributed by atoms with van der Waals surface area (Å²) in [6, 6.07) is 20.7. The van der Waals surface area contributed by atoms with Crippen molar-refractivity contribution in [1.29, 1.82) is 0 Å². The monoisotopic (exact) mass is 456 g/mol. The van der Waals surface area contributed by atoms with Crippen LogP contribution in [0.2, 0.25) is 0 Å². The van der Waals surface area contributed by atoms with Gasteiger partial charge in [0.05, 0.1) is 44.7 Å². The average Bonchev–Trinajstić information content (AvgIpc) is 2.83. The van der Waals surface area contributed by atoms with Gasteiger partial charge in [-0.3, -0.25) is 0 Å². The molecule has 0 amide bonds. The minimum atomic E-state index is -3.85. The number of rotatable bonds is 10. The van der Waals surface area contributed by atoms with Crippen LogP contribution in [0.25, 0.3) is 0 Å². The van der Waals surface area contributed by atoms with E-state index in [1.54, 1.807) is 12.1 Å². The van der Waals surface area contributed by atoms with Gasteiger partial charge in [0.15, 0.2) is 0 Å². The van der Waals surface area contributed by atoms with Crippen molar-refractivity contribution in [3.05, 3.63) is 89.5 Å². The van der Waals surface area contributed by atoms with Crippen LogP contribution in [0.4, 0.5) is 0 Å². The summed E-state index contributed by atoms with van der Waals surface area (Å²) in [7, 11) is 0.601. The number of benzene rings is 3. The molecule has 0 aromatic heterocycles. The summed E-state index contributed by atoms with van der Waals surface area (Å²) in [5.74, 6) is 0.861. The van der Waals surface area contributed by atoms with Crippen LogP contribution in [0.5, 0.6) is 17.2 Å². The zero-order chi connectivity index (χ0) is 23.1. The summed E-state index contributed by atoms with van der Waals surface area (Å²) < 4.78 is 45.5. The number of hydrogen-bond donors (Lipinski definition) is 2. The third-order valence-electron chi connectivity index (χ3n) is 5.16. The lowest BCUT2D eigenvalue weighted by molar-refractivity contribution is 0.370. The van der Waals surface area contributed by atoms with Gasteiger partial charge in [-0.15, -0.1) is 0 Å². The Labute approximate surface area is 189 Å². The van der Waals surface area contributed by atoms with Gasteiger partial charge in [-0.05, 0) is 11.1 Å². The summed E-state index contributed by atoms with van der Waals surface area (Å²) in [4.78, 5) is 0. The highest BCUT2D eigenvalue weighted by molar-refractivity contribution is 7.88. The Morgan fingerprint density at radius 1 is 0.812 bits per heavy atom. The molecule has 0 aliphatic heterocycles. The number of nitrogens with two attached hydrogens (primary N) is 1. The molecule has 3 N–H and O–H groups in total. The van der Waals surface area contributed by atoms with Crippen LogP contribution in [0.1, 0.15) is 28.8 Å². The highest BCUT2D eigenvalue weighted by Crippen LogP contribution is 2.36. The van der Waals surface area contributed by atoms with Crippen LogP contribution >= 0.6 is 0 Å². The number of methoxy groups -OCH3 is 3. The van der Waals surface area contributed by atoms with E-state index >= 15 is 0 Å². The van der Waals surface area contributed by atoms with Gasteiger partial charge in [0.1, 0.15) is 17.2 Å². The topological polar surface area (TPSA) is 99.9 Å². The number of nitrogens with one attached hydrogen (secondary N) is 1. The zero-order valence-electron chi connectivity index (χ0n) is 18.3. The molecule has 0 aliphatic carbocycles. The summed E-state index contributed by atoms with van der Waals surface area (Å²) in [5.41, 5.74) is 8.51. The first-order chi connectivity index (χ1) is 15.4. The Kier molecular flexibility index (Phi) is 7.74. The summed E-state index contributed by atoms with van der Waals surface area (Å²) in [6.45, 7) is 0. The van der Waals surface area contributed by atoms with E-state index in [2.05, 4.69) is 4.72 Å². The van der Waals surface area contributed by atoms with Gasteiger partial charge < -0.3 is 19.9 Å². The lowest BCUT2D eigenvalue weighted by Crippen LogP contribution is -2.36. The molecule has 2 unspecified atom stereocenters. The first-order valence-electron chi connectivity index (χ1n) is 10.0. The largest absolute Gasteiger partial charge is 0.496 e. The van der Waals surface area contributed by atoms with E-state index in [0.717, 1.165) is 11.1 Å². The molecule has 0 bridgehead atoms. The Bertz CT molecular complexity index is 1100. The van der Waals surface area contributed by atoms with E-state index in [9.17, 15) is 8.42 Å². The lowest BCUT2D eigenvalue weighted by atomic mass is 9.95. The highest BCUT2D eigenvalue weighted by atomic mass is 32.2. The predicted molar refractivity (Wildman–Crippen MR) is 124 cm³/mol. The third-order valence-corrected chi connectivity index (χ3v) is 6.44. The smallest absolute Gasteiger partial charge is 0.216 e. The first-order valence-corrected chi connectivity index (χ1v) is 11.7. The van der Waals surface area contributed by atoms with E-state index in [-0.39, 0.29) is 5.75 Å². The van der Waals surface area contributed by atoms with Gasteiger partial charge in [-0.25, -0.2) is 13.1 Å². The first kappa shape index (κ1) is 23.6. The van der Waals surface area contributed by atoms with Crippen molar-refractivity contribution < 1.29 is 22.6 Å². The maximum atomic E-state index is 13.3. The molecule has 3 aromatic rings. The molecule has 0 saturated heterocycles. The fourth-order valence-electron chi connectivity index (χ4n) is 3.52. The summed E-state index contributed by atoms with van der Waals surface area (Å²) in [5, 5.41) is 0. The molecule has 0 heterocycles. The second-order valence-corrected chi connectivity index (χ2v) is 8.97. The molecular weight excluding hydrogens is 428 g/mol. The Balaban J connectivity index is 1.96. The fraction of sp³-hybridized carbons (Fsp3) is 0.250. The van der Waals surface area contributed by atoms with E-state index < -0.39 is 22.1 Å². The van der Waals surface area contributed by atoms with Crippen LogP contribution in [0, 0.1) is 0 Å². The van der Waals surface area contributed by atoms with Gasteiger partial charge in [0, 0.05) is 12.1 Å². The van der Waals surface area contributed by atoms with Gasteiger partial charge in [0.25, 0.3) is 0 Å². The molecule has 0 saturated carbocycles. The van der Waals surface area contributed by atoms with Gasteiger partial charge >= 0.3 is 0 Å². The number of hydrogen-bond acceptors (Lipinski definition) is 6. The van der Waals surface area contributed by atoms with Crippen molar-refractivity contribution in [2.45, 2.75) is 17.8 Å². The Morgan fingerprint density at radius 2 is 1.31 bits per heavy atom. The van der Waals surface area contributed by atoms with Gasteiger partial charge in [0.2, 0.25) is 10.0 Å². The van der Waals surface area contributed by atoms with Crippen LogP contribution in [-0.4, -0.2) is 29.7 Å². The third kappa shape index (κ3) is 5.59. The van der Waals surface area contributed by atoms with E-state index in [1.165, 1.54) is 21.3 Å². The van der Waals surface area contributed by atoms with Crippen molar-refractivity contribution in [1.82, 2.24) is 4.72 Å². The predicted octanol–water partition coefficient (Wildman–Crippen LogP) is 3.57. The standard InChI is InChI=1S/C24H28N2O5S/c1-29-19-14-21(30-2)20(22(15-19)31-3)16-32(27,28)26-24(18-12-8-5-9-13-18)23(25)17-10-6-4-7-11-17/h4-15,23-24,26H,16,25H2,1-3H3. The van der Waals surface area contributed by atoms with E-state index in [4.69, 9.17) is 19.9 Å². The van der Waals surface area contributed by atoms with Crippen LogP contribution in [-0.2, 0) is 15.8 Å². The Morgan fingerprint density at radius 3 is 1.78 bits per heavy atom. The van der Waals surface area contributed by atoms with Crippen LogP contribution in [0.3, 0.4) is 0 Å². The maximum Gasteiger partial charge on any atom is 0.216 e. The molecule has 8 heteroatoms. The summed E-state index contributed by atoms with van der Waals surface area (Å²) >= 11 is 0. The molecule has 0 aliphatic rings. The normalized spacial score (nSPS) is 13.2. The average molecular weight is 457 g/mol. The maximum absolute atomic E-state index is 13.3. The second-order valence-electron chi connectivity index (χ2n) is 7.21. The molecule has 170 valence electrons. The van der Waals surface area contributed by atoms with Crippen molar-refractivity contribution >= 4 is 10.0 Å². The van der Waals surface area contributed by atoms with Gasteiger partial charge in [-0.2, -0.15) is 0 Å². The molecule has 0 radical (unpaired) electrons. The summed E-state index contributed by atoms with van der Waals surface area (Å²) in [6.07, 6.45) is 0. The SMILES string of the molecule is COc1cc(OC)c(CS(=O)(=O)NC(c2ccccc2)C(N)c2ccccc2)c(OC)c1. The zero-order valence-corrected chi connectivity index (χ0v) is 19.1. The fourth-order valence-corrected chi connectivity index (χ4v) is 4.94. The highest BCUT2D eigenvalue weighted by Gasteiger charge is 2.28. The molecule has 7 nitrogen and oxygen atoms in total. The minimum absolute atomic E-state index is 0.353. The molecule has 0 fully saturated rings. The molecule has 3 aromatic carbocycles. The second kappa shape index (κ2) is 10.5. The molecule has 3 rings (SSSR count). The minimum Gasteiger partial charge on any atom is -0.496 e. The van der Waals surface area contributed by atoms with Crippen molar-refractivity contribution in [2.24, 2.45) is 5.73 Å². The van der Waals surface area contributed by atoms with Crippen LogP contribution < -0.4 is 24.7 Å².